The van der Waals surface area contributed by atoms with Gasteiger partial charge in [-0.3, -0.25) is 0 Å². The molecule has 0 bridgehead atoms. The average molecular weight is 217 g/mol. The van der Waals surface area contributed by atoms with E-state index in [-0.39, 0.29) is 12.3 Å². The van der Waals surface area contributed by atoms with Crippen molar-refractivity contribution in [1.82, 2.24) is 0 Å². The minimum atomic E-state index is 0.231. The fourth-order valence-electron chi connectivity index (χ4n) is 2.45. The van der Waals surface area contributed by atoms with E-state index in [1.165, 1.54) is 30.0 Å². The van der Waals surface area contributed by atoms with Gasteiger partial charge in [-0.1, -0.05) is 0 Å². The summed E-state index contributed by atoms with van der Waals surface area (Å²) in [7, 11) is 0. The SMILES string of the molecule is Cc1c(CN=C=O)c(O)cc2c1CCCC2. The Kier molecular flexibility index (Phi) is 3.07. The lowest BCUT2D eigenvalue weighted by Gasteiger charge is -2.20. The molecule has 0 heterocycles. The second-order valence-corrected chi connectivity index (χ2v) is 4.25. The molecule has 3 heteroatoms. The molecule has 0 spiro atoms. The Balaban J connectivity index is 2.49. The van der Waals surface area contributed by atoms with Gasteiger partial charge < -0.3 is 5.11 Å². The number of benzene rings is 1. The maximum absolute atomic E-state index is 10.1. The molecule has 1 aromatic carbocycles. The molecule has 0 amide bonds. The van der Waals surface area contributed by atoms with Crippen molar-refractivity contribution in [2.75, 3.05) is 0 Å². The lowest BCUT2D eigenvalue weighted by molar-refractivity contribution is 0.465. The van der Waals surface area contributed by atoms with Gasteiger partial charge in [0.05, 0.1) is 6.54 Å². The number of rotatable bonds is 2. The molecule has 0 radical (unpaired) electrons. The number of aliphatic imine (C=N–C) groups is 1. The van der Waals surface area contributed by atoms with Crippen molar-refractivity contribution in [3.05, 3.63) is 28.3 Å². The Hall–Kier alpha value is -1.60. The summed E-state index contributed by atoms with van der Waals surface area (Å²) in [5.41, 5.74) is 4.44. The van der Waals surface area contributed by atoms with E-state index in [9.17, 15) is 9.90 Å². The number of aromatic hydroxyl groups is 1. The van der Waals surface area contributed by atoms with Gasteiger partial charge >= 0.3 is 0 Å². The average Bonchev–Trinajstić information content (AvgIpc) is 2.29. The largest absolute Gasteiger partial charge is 0.508 e. The molecule has 1 aliphatic rings. The van der Waals surface area contributed by atoms with Gasteiger partial charge in [0.15, 0.2) is 0 Å². The van der Waals surface area contributed by atoms with Crippen molar-refractivity contribution in [2.24, 2.45) is 4.99 Å². The number of phenolic OH excluding ortho intramolecular Hbond substituents is 1. The minimum Gasteiger partial charge on any atom is -0.508 e. The first-order valence-corrected chi connectivity index (χ1v) is 5.61. The second-order valence-electron chi connectivity index (χ2n) is 4.25. The van der Waals surface area contributed by atoms with E-state index >= 15 is 0 Å². The Labute approximate surface area is 94.8 Å². The lowest BCUT2D eigenvalue weighted by atomic mass is 9.86. The van der Waals surface area contributed by atoms with Crippen LogP contribution in [0.3, 0.4) is 0 Å². The molecule has 0 saturated heterocycles. The van der Waals surface area contributed by atoms with Gasteiger partial charge in [0.25, 0.3) is 0 Å². The van der Waals surface area contributed by atoms with Crippen molar-refractivity contribution in [1.29, 1.82) is 0 Å². The summed E-state index contributed by atoms with van der Waals surface area (Å²) < 4.78 is 0. The normalized spacial score (nSPS) is 14.1. The van der Waals surface area contributed by atoms with E-state index in [1.54, 1.807) is 0 Å². The zero-order chi connectivity index (χ0) is 11.5. The van der Waals surface area contributed by atoms with Crippen LogP contribution in [0.15, 0.2) is 11.1 Å². The number of hydrogen-bond acceptors (Lipinski definition) is 3. The van der Waals surface area contributed by atoms with Gasteiger partial charge in [0.2, 0.25) is 6.08 Å². The summed E-state index contributed by atoms with van der Waals surface area (Å²) in [6, 6.07) is 1.83. The van der Waals surface area contributed by atoms with Gasteiger partial charge in [-0.05, 0) is 55.4 Å². The van der Waals surface area contributed by atoms with Crippen LogP contribution in [0.5, 0.6) is 5.75 Å². The number of nitrogens with zero attached hydrogens (tertiary/aromatic N) is 1. The molecule has 0 unspecified atom stereocenters. The monoisotopic (exact) mass is 217 g/mol. The predicted octanol–water partition coefficient (Wildman–Crippen LogP) is 2.42. The first-order valence-electron chi connectivity index (χ1n) is 5.61. The van der Waals surface area contributed by atoms with Crippen molar-refractivity contribution in [2.45, 2.75) is 39.2 Å². The molecule has 1 aliphatic carbocycles. The molecule has 0 saturated carbocycles. The van der Waals surface area contributed by atoms with E-state index in [2.05, 4.69) is 4.99 Å². The quantitative estimate of drug-likeness (QED) is 0.611. The first kappa shape index (κ1) is 10.9. The van der Waals surface area contributed by atoms with Crippen LogP contribution >= 0.6 is 0 Å². The Morgan fingerprint density at radius 2 is 2.19 bits per heavy atom. The number of phenols is 1. The number of hydrogen-bond donors (Lipinski definition) is 1. The second kappa shape index (κ2) is 4.50. The molecule has 0 fully saturated rings. The molecule has 84 valence electrons. The van der Waals surface area contributed by atoms with E-state index in [0.717, 1.165) is 24.0 Å². The first-order chi connectivity index (χ1) is 7.74. The summed E-state index contributed by atoms with van der Waals surface area (Å²) in [6.45, 7) is 2.23. The Bertz CT molecular complexity index is 459. The van der Waals surface area contributed by atoms with Crippen LogP contribution in [-0.2, 0) is 24.2 Å². The summed E-state index contributed by atoms with van der Waals surface area (Å²) >= 11 is 0. The van der Waals surface area contributed by atoms with E-state index < -0.39 is 0 Å². The molecule has 1 aromatic rings. The third kappa shape index (κ3) is 1.86. The Morgan fingerprint density at radius 1 is 1.44 bits per heavy atom. The van der Waals surface area contributed by atoms with Crippen LogP contribution in [0.4, 0.5) is 0 Å². The molecule has 1 N–H and O–H groups in total. The summed E-state index contributed by atoms with van der Waals surface area (Å²) in [4.78, 5) is 13.7. The van der Waals surface area contributed by atoms with Crippen LogP contribution in [0.1, 0.15) is 35.1 Å². The van der Waals surface area contributed by atoms with Crippen LogP contribution in [0, 0.1) is 6.92 Å². The maximum atomic E-state index is 10.1. The fraction of sp³-hybridized carbons (Fsp3) is 0.462. The molecule has 3 nitrogen and oxygen atoms in total. The highest BCUT2D eigenvalue weighted by Gasteiger charge is 2.16. The van der Waals surface area contributed by atoms with Crippen LogP contribution in [-0.4, -0.2) is 11.2 Å². The number of isocyanates is 1. The Morgan fingerprint density at radius 3 is 2.94 bits per heavy atom. The predicted molar refractivity (Wildman–Crippen MR) is 61.3 cm³/mol. The molecular weight excluding hydrogens is 202 g/mol. The van der Waals surface area contributed by atoms with E-state index in [0.29, 0.717) is 0 Å². The van der Waals surface area contributed by atoms with Gasteiger partial charge in [0, 0.05) is 5.56 Å². The molecule has 2 rings (SSSR count). The zero-order valence-electron chi connectivity index (χ0n) is 9.42. The number of aryl methyl sites for hydroxylation is 1. The van der Waals surface area contributed by atoms with Crippen molar-refractivity contribution < 1.29 is 9.90 Å². The maximum Gasteiger partial charge on any atom is 0.235 e. The summed E-state index contributed by atoms with van der Waals surface area (Å²) in [6.07, 6.45) is 6.02. The van der Waals surface area contributed by atoms with Crippen molar-refractivity contribution >= 4 is 6.08 Å². The van der Waals surface area contributed by atoms with Crippen LogP contribution < -0.4 is 0 Å². The summed E-state index contributed by atoms with van der Waals surface area (Å²) in [5.74, 6) is 0.261. The topological polar surface area (TPSA) is 49.7 Å². The zero-order valence-corrected chi connectivity index (χ0v) is 9.42. The number of fused-ring (bicyclic) bond motifs is 1. The smallest absolute Gasteiger partial charge is 0.235 e. The molecule has 0 atom stereocenters. The molecular formula is C13H15NO2. The molecule has 0 aromatic heterocycles. The third-order valence-corrected chi connectivity index (χ3v) is 3.34. The van der Waals surface area contributed by atoms with Gasteiger partial charge in [-0.15, -0.1) is 0 Å². The molecule has 0 aliphatic heterocycles. The highest BCUT2D eigenvalue weighted by Crippen LogP contribution is 2.32. The van der Waals surface area contributed by atoms with Gasteiger partial charge in [0.1, 0.15) is 5.75 Å². The fourth-order valence-corrected chi connectivity index (χ4v) is 2.45. The summed E-state index contributed by atoms with van der Waals surface area (Å²) in [5, 5.41) is 9.88. The standard InChI is InChI=1S/C13H15NO2/c1-9-11-5-3-2-4-10(11)6-13(16)12(9)7-14-8-15/h6,16H,2-5,7H2,1H3. The minimum absolute atomic E-state index is 0.231. The van der Waals surface area contributed by atoms with E-state index in [4.69, 9.17) is 0 Å². The van der Waals surface area contributed by atoms with Gasteiger partial charge in [-0.25, -0.2) is 9.79 Å². The van der Waals surface area contributed by atoms with Crippen LogP contribution in [0.25, 0.3) is 0 Å². The van der Waals surface area contributed by atoms with Crippen molar-refractivity contribution in [3.63, 3.8) is 0 Å². The third-order valence-electron chi connectivity index (χ3n) is 3.34. The number of carbonyl (C=O) groups excluding carboxylic acids is 1. The highest BCUT2D eigenvalue weighted by molar-refractivity contribution is 5.50. The molecule has 16 heavy (non-hydrogen) atoms. The highest BCUT2D eigenvalue weighted by atomic mass is 16.3. The van der Waals surface area contributed by atoms with Crippen LogP contribution in [0.2, 0.25) is 0 Å². The van der Waals surface area contributed by atoms with Crippen molar-refractivity contribution in [3.8, 4) is 5.75 Å². The lowest BCUT2D eigenvalue weighted by Crippen LogP contribution is -2.07. The van der Waals surface area contributed by atoms with E-state index in [1.807, 2.05) is 13.0 Å². The van der Waals surface area contributed by atoms with Gasteiger partial charge in [-0.2, -0.15) is 0 Å².